The lowest BCUT2D eigenvalue weighted by Gasteiger charge is -2.36. The van der Waals surface area contributed by atoms with Gasteiger partial charge in [-0.15, -0.1) is 0 Å². The van der Waals surface area contributed by atoms with Gasteiger partial charge in [-0.2, -0.15) is 0 Å². The molecule has 0 fully saturated rings. The largest absolute Gasteiger partial charge is 0.491 e. The van der Waals surface area contributed by atoms with Gasteiger partial charge in [0.1, 0.15) is 12.4 Å². The van der Waals surface area contributed by atoms with E-state index in [0.717, 1.165) is 5.75 Å². The van der Waals surface area contributed by atoms with E-state index in [1.54, 1.807) is 24.3 Å². The van der Waals surface area contributed by atoms with Crippen molar-refractivity contribution < 1.29 is 18.7 Å². The molecule has 0 aliphatic heterocycles. The number of ether oxygens (including phenoxy) is 2. The van der Waals surface area contributed by atoms with Crippen molar-refractivity contribution >= 4 is 14.3 Å². The summed E-state index contributed by atoms with van der Waals surface area (Å²) in [5.41, 5.74) is 0.516. The number of rotatable bonds is 6. The fourth-order valence-electron chi connectivity index (χ4n) is 1.48. The summed E-state index contributed by atoms with van der Waals surface area (Å²) in [5, 5.41) is 0.204. The van der Waals surface area contributed by atoms with Crippen LogP contribution in [0, 0.1) is 0 Å². The molecule has 0 N–H and O–H groups in total. The summed E-state index contributed by atoms with van der Waals surface area (Å²) in [7, 11) is -0.347. The van der Waals surface area contributed by atoms with Gasteiger partial charge < -0.3 is 13.9 Å². The van der Waals surface area contributed by atoms with Gasteiger partial charge in [0, 0.05) is 0 Å². The van der Waals surface area contributed by atoms with Crippen LogP contribution in [0.2, 0.25) is 18.1 Å². The molecule has 0 atom stereocenters. The molecular weight excluding hydrogens is 284 g/mol. The van der Waals surface area contributed by atoms with E-state index in [-0.39, 0.29) is 11.0 Å². The predicted molar refractivity (Wildman–Crippen MR) is 86.4 cm³/mol. The van der Waals surface area contributed by atoms with Crippen molar-refractivity contribution in [1.82, 2.24) is 0 Å². The summed E-state index contributed by atoms with van der Waals surface area (Å²) in [5.74, 6) is 0.379. The van der Waals surface area contributed by atoms with E-state index in [2.05, 4.69) is 38.6 Å². The molecule has 1 aromatic carbocycles. The number of carbonyl (C=O) groups excluding carboxylic acids is 1. The van der Waals surface area contributed by atoms with Gasteiger partial charge >= 0.3 is 5.97 Å². The minimum absolute atomic E-state index is 0.204. The molecule has 0 aromatic heterocycles. The highest BCUT2D eigenvalue weighted by Gasteiger charge is 2.36. The van der Waals surface area contributed by atoms with Crippen molar-refractivity contribution in [2.75, 3.05) is 20.3 Å². The van der Waals surface area contributed by atoms with Gasteiger partial charge in [0.15, 0.2) is 8.32 Å². The number of hydrogen-bond acceptors (Lipinski definition) is 4. The average molecular weight is 310 g/mol. The predicted octanol–water partition coefficient (Wildman–Crippen LogP) is 3.87. The summed E-state index contributed by atoms with van der Waals surface area (Å²) in [4.78, 5) is 11.3. The van der Waals surface area contributed by atoms with Crippen molar-refractivity contribution in [3.05, 3.63) is 29.8 Å². The van der Waals surface area contributed by atoms with Crippen LogP contribution in [0.1, 0.15) is 31.1 Å². The van der Waals surface area contributed by atoms with Crippen LogP contribution in [0.3, 0.4) is 0 Å². The fourth-order valence-corrected chi connectivity index (χ4v) is 2.50. The Kier molecular flexibility index (Phi) is 5.98. The van der Waals surface area contributed by atoms with E-state index < -0.39 is 8.32 Å². The highest BCUT2D eigenvalue weighted by molar-refractivity contribution is 6.74. The molecule has 0 radical (unpaired) electrons. The molecule has 0 amide bonds. The summed E-state index contributed by atoms with van der Waals surface area (Å²) >= 11 is 0. The first kappa shape index (κ1) is 17.7. The zero-order valence-corrected chi connectivity index (χ0v) is 14.9. The molecular formula is C16H26O4Si. The molecule has 21 heavy (non-hydrogen) atoms. The topological polar surface area (TPSA) is 44.8 Å². The lowest BCUT2D eigenvalue weighted by atomic mass is 10.2. The Labute approximate surface area is 128 Å². The second-order valence-electron chi connectivity index (χ2n) is 6.47. The fraction of sp³-hybridized carbons (Fsp3) is 0.562. The normalized spacial score (nSPS) is 12.1. The van der Waals surface area contributed by atoms with Crippen LogP contribution in [0.15, 0.2) is 24.3 Å². The minimum atomic E-state index is -1.71. The van der Waals surface area contributed by atoms with Crippen LogP contribution in [0.5, 0.6) is 5.75 Å². The molecule has 0 spiro atoms. The molecule has 0 saturated heterocycles. The number of carbonyl (C=O) groups is 1. The Morgan fingerprint density at radius 3 is 2.14 bits per heavy atom. The second-order valence-corrected chi connectivity index (χ2v) is 11.3. The Hall–Kier alpha value is -1.33. The molecule has 4 nitrogen and oxygen atoms in total. The first-order chi connectivity index (χ1) is 9.67. The minimum Gasteiger partial charge on any atom is -0.491 e. The van der Waals surface area contributed by atoms with Crippen molar-refractivity contribution in [3.63, 3.8) is 0 Å². The van der Waals surface area contributed by atoms with Gasteiger partial charge in [0.2, 0.25) is 0 Å². The maximum absolute atomic E-state index is 11.3. The lowest BCUT2D eigenvalue weighted by molar-refractivity contribution is 0.0600. The molecule has 118 valence electrons. The highest BCUT2D eigenvalue weighted by Crippen LogP contribution is 2.36. The first-order valence-electron chi connectivity index (χ1n) is 7.12. The third kappa shape index (κ3) is 5.17. The van der Waals surface area contributed by atoms with Crippen LogP contribution in [0.4, 0.5) is 0 Å². The average Bonchev–Trinajstić information content (AvgIpc) is 2.42. The van der Waals surface area contributed by atoms with Crippen LogP contribution in [-0.2, 0) is 9.16 Å². The van der Waals surface area contributed by atoms with Gasteiger partial charge in [0.25, 0.3) is 0 Å². The van der Waals surface area contributed by atoms with E-state index in [4.69, 9.17) is 9.16 Å². The third-order valence-electron chi connectivity index (χ3n) is 3.90. The number of hydrogen-bond donors (Lipinski definition) is 0. The molecule has 0 heterocycles. The Balaban J connectivity index is 2.42. The highest BCUT2D eigenvalue weighted by atomic mass is 28.4. The number of esters is 1. The zero-order valence-electron chi connectivity index (χ0n) is 13.9. The second kappa shape index (κ2) is 7.09. The van der Waals surface area contributed by atoms with Crippen molar-refractivity contribution in [2.24, 2.45) is 0 Å². The van der Waals surface area contributed by atoms with Crippen LogP contribution in [0.25, 0.3) is 0 Å². The number of methoxy groups -OCH3 is 1. The maximum atomic E-state index is 11.3. The van der Waals surface area contributed by atoms with Gasteiger partial charge in [-0.1, -0.05) is 20.8 Å². The molecule has 0 saturated carbocycles. The monoisotopic (exact) mass is 310 g/mol. The zero-order chi connectivity index (χ0) is 16.1. The van der Waals surface area contributed by atoms with Crippen LogP contribution < -0.4 is 4.74 Å². The van der Waals surface area contributed by atoms with E-state index in [9.17, 15) is 4.79 Å². The van der Waals surface area contributed by atoms with E-state index in [1.807, 2.05) is 0 Å². The molecule has 0 aliphatic rings. The number of benzene rings is 1. The quantitative estimate of drug-likeness (QED) is 0.454. The van der Waals surface area contributed by atoms with Gasteiger partial charge in [0.05, 0.1) is 19.3 Å². The summed E-state index contributed by atoms with van der Waals surface area (Å²) in [6, 6.07) is 6.91. The lowest BCUT2D eigenvalue weighted by Crippen LogP contribution is -2.41. The molecule has 0 unspecified atom stereocenters. The van der Waals surface area contributed by atoms with Gasteiger partial charge in [-0.25, -0.2) is 4.79 Å². The summed E-state index contributed by atoms with van der Waals surface area (Å²) < 4.78 is 16.3. The Morgan fingerprint density at radius 2 is 1.67 bits per heavy atom. The van der Waals surface area contributed by atoms with Crippen LogP contribution >= 0.6 is 0 Å². The molecule has 1 rings (SSSR count). The Bertz CT molecular complexity index is 460. The first-order valence-corrected chi connectivity index (χ1v) is 10.0. The third-order valence-corrected chi connectivity index (χ3v) is 8.43. The molecule has 5 heteroatoms. The van der Waals surface area contributed by atoms with Gasteiger partial charge in [-0.3, -0.25) is 0 Å². The summed E-state index contributed by atoms with van der Waals surface area (Å²) in [6.07, 6.45) is 0. The van der Waals surface area contributed by atoms with Crippen LogP contribution in [-0.4, -0.2) is 34.6 Å². The molecule has 0 bridgehead atoms. The Morgan fingerprint density at radius 1 is 1.10 bits per heavy atom. The maximum Gasteiger partial charge on any atom is 0.337 e. The standard InChI is InChI=1S/C16H26O4Si/c1-16(2,3)21(5,6)20-12-11-19-14-9-7-13(8-10-14)15(17)18-4/h7-10H,11-12H2,1-6H3. The van der Waals surface area contributed by atoms with E-state index in [0.29, 0.717) is 18.8 Å². The van der Waals surface area contributed by atoms with Gasteiger partial charge in [-0.05, 0) is 42.4 Å². The summed E-state index contributed by atoms with van der Waals surface area (Å²) in [6.45, 7) is 12.2. The molecule has 1 aromatic rings. The van der Waals surface area contributed by atoms with Crippen molar-refractivity contribution in [2.45, 2.75) is 38.9 Å². The smallest absolute Gasteiger partial charge is 0.337 e. The van der Waals surface area contributed by atoms with E-state index >= 15 is 0 Å². The SMILES string of the molecule is COC(=O)c1ccc(OCCO[Si](C)(C)C(C)(C)C)cc1. The van der Waals surface area contributed by atoms with Crippen molar-refractivity contribution in [1.29, 1.82) is 0 Å². The van der Waals surface area contributed by atoms with Crippen molar-refractivity contribution in [3.8, 4) is 5.75 Å². The van der Waals surface area contributed by atoms with E-state index in [1.165, 1.54) is 7.11 Å². The molecule has 0 aliphatic carbocycles.